The lowest BCUT2D eigenvalue weighted by molar-refractivity contribution is -0.137. The van der Waals surface area contributed by atoms with Crippen molar-refractivity contribution >= 4 is 11.6 Å². The van der Waals surface area contributed by atoms with E-state index in [0.717, 1.165) is 28.9 Å². The second kappa shape index (κ2) is 8.36. The van der Waals surface area contributed by atoms with E-state index >= 15 is 0 Å². The molecule has 0 saturated heterocycles. The number of nitrogens with zero attached hydrogens (tertiary/aromatic N) is 3. The van der Waals surface area contributed by atoms with Crippen molar-refractivity contribution in [1.82, 2.24) is 14.8 Å². The number of rotatable bonds is 5. The number of halogens is 3. The number of amides is 1. The first-order valence-electron chi connectivity index (χ1n) is 8.77. The number of ether oxygens (including phenoxy) is 1. The molecule has 1 amide bonds. The maximum absolute atomic E-state index is 12.7. The SMILES string of the molecule is COc1cc(-c2ccc(=O)n(C(C)C(=O)Nc3ccc(C(F)(F)F)cc3)n2)ccn1. The zero-order valence-corrected chi connectivity index (χ0v) is 16.0. The summed E-state index contributed by atoms with van der Waals surface area (Å²) in [5, 5.41) is 6.73. The fourth-order valence-electron chi connectivity index (χ4n) is 2.64. The van der Waals surface area contributed by atoms with Crippen LogP contribution in [0.2, 0.25) is 0 Å². The van der Waals surface area contributed by atoms with Gasteiger partial charge in [0.1, 0.15) is 6.04 Å². The van der Waals surface area contributed by atoms with Crippen LogP contribution in [0.3, 0.4) is 0 Å². The molecule has 0 bridgehead atoms. The minimum absolute atomic E-state index is 0.169. The van der Waals surface area contributed by atoms with Gasteiger partial charge in [-0.2, -0.15) is 18.3 Å². The predicted octanol–water partition coefficient (Wildman–Crippen LogP) is 3.53. The Labute approximate surface area is 169 Å². The Bertz CT molecular complexity index is 1110. The molecule has 156 valence electrons. The summed E-state index contributed by atoms with van der Waals surface area (Å²) in [7, 11) is 1.47. The van der Waals surface area contributed by atoms with Crippen LogP contribution >= 0.6 is 0 Å². The first kappa shape index (κ1) is 21.0. The number of aromatic nitrogens is 3. The van der Waals surface area contributed by atoms with Crippen molar-refractivity contribution in [3.63, 3.8) is 0 Å². The van der Waals surface area contributed by atoms with Crippen molar-refractivity contribution in [2.24, 2.45) is 0 Å². The number of carbonyl (C=O) groups excluding carboxylic acids is 1. The van der Waals surface area contributed by atoms with E-state index in [1.807, 2.05) is 0 Å². The van der Waals surface area contributed by atoms with E-state index in [1.165, 1.54) is 32.4 Å². The van der Waals surface area contributed by atoms with E-state index in [4.69, 9.17) is 4.74 Å². The molecule has 7 nitrogen and oxygen atoms in total. The van der Waals surface area contributed by atoms with Crippen molar-refractivity contribution in [1.29, 1.82) is 0 Å². The third-order valence-corrected chi connectivity index (χ3v) is 4.29. The quantitative estimate of drug-likeness (QED) is 0.685. The number of hydrogen-bond donors (Lipinski definition) is 1. The van der Waals surface area contributed by atoms with Gasteiger partial charge in [-0.25, -0.2) is 9.67 Å². The summed E-state index contributed by atoms with van der Waals surface area (Å²) in [6.45, 7) is 1.46. The molecule has 0 aliphatic heterocycles. The van der Waals surface area contributed by atoms with E-state index in [9.17, 15) is 22.8 Å². The molecule has 1 aromatic carbocycles. The van der Waals surface area contributed by atoms with Crippen molar-refractivity contribution in [3.8, 4) is 17.1 Å². The van der Waals surface area contributed by atoms with E-state index < -0.39 is 29.2 Å². The van der Waals surface area contributed by atoms with Crippen molar-refractivity contribution in [3.05, 3.63) is 70.6 Å². The Balaban J connectivity index is 1.82. The molecule has 0 aliphatic carbocycles. The zero-order valence-electron chi connectivity index (χ0n) is 16.0. The predicted molar refractivity (Wildman–Crippen MR) is 103 cm³/mol. The zero-order chi connectivity index (χ0) is 21.9. The lowest BCUT2D eigenvalue weighted by atomic mass is 10.2. The first-order chi connectivity index (χ1) is 14.2. The van der Waals surface area contributed by atoms with Crippen LogP contribution in [0.1, 0.15) is 18.5 Å². The molecule has 1 atom stereocenters. The van der Waals surface area contributed by atoms with Gasteiger partial charge in [-0.3, -0.25) is 9.59 Å². The van der Waals surface area contributed by atoms with Gasteiger partial charge in [0.25, 0.3) is 5.56 Å². The van der Waals surface area contributed by atoms with Gasteiger partial charge in [-0.15, -0.1) is 0 Å². The molecule has 0 saturated carbocycles. The number of alkyl halides is 3. The smallest absolute Gasteiger partial charge is 0.416 e. The van der Waals surface area contributed by atoms with Crippen LogP contribution in [0.15, 0.2) is 59.5 Å². The van der Waals surface area contributed by atoms with Crippen LogP contribution in [0.25, 0.3) is 11.3 Å². The van der Waals surface area contributed by atoms with Gasteiger partial charge in [0.2, 0.25) is 11.8 Å². The molecule has 0 radical (unpaired) electrons. The number of carbonyl (C=O) groups is 1. The topological polar surface area (TPSA) is 86.1 Å². The Kier molecular flexibility index (Phi) is 5.86. The number of benzene rings is 1. The highest BCUT2D eigenvalue weighted by molar-refractivity contribution is 5.93. The molecule has 2 heterocycles. The molecule has 3 rings (SSSR count). The van der Waals surface area contributed by atoms with Crippen molar-refractivity contribution in [2.75, 3.05) is 12.4 Å². The number of pyridine rings is 1. The Morgan fingerprint density at radius 2 is 1.83 bits per heavy atom. The Morgan fingerprint density at radius 1 is 1.13 bits per heavy atom. The fraction of sp³-hybridized carbons (Fsp3) is 0.200. The first-order valence-corrected chi connectivity index (χ1v) is 8.77. The summed E-state index contributed by atoms with van der Waals surface area (Å²) in [5.41, 5.74) is -0.111. The largest absolute Gasteiger partial charge is 0.481 e. The molecule has 0 aliphatic rings. The lowest BCUT2D eigenvalue weighted by Gasteiger charge is -2.15. The highest BCUT2D eigenvalue weighted by Crippen LogP contribution is 2.30. The van der Waals surface area contributed by atoms with E-state index in [1.54, 1.807) is 12.1 Å². The third kappa shape index (κ3) is 4.65. The van der Waals surface area contributed by atoms with Crippen LogP contribution < -0.4 is 15.6 Å². The number of hydrogen-bond acceptors (Lipinski definition) is 5. The minimum atomic E-state index is -4.47. The Hall–Kier alpha value is -3.69. The average molecular weight is 418 g/mol. The summed E-state index contributed by atoms with van der Waals surface area (Å²) < 4.78 is 44.0. The van der Waals surface area contributed by atoms with Gasteiger partial charge >= 0.3 is 6.18 Å². The van der Waals surface area contributed by atoms with Gasteiger partial charge in [0, 0.05) is 29.6 Å². The van der Waals surface area contributed by atoms with Crippen molar-refractivity contribution < 1.29 is 22.7 Å². The molecule has 0 spiro atoms. The molecule has 3 aromatic rings. The molecule has 2 aromatic heterocycles. The van der Waals surface area contributed by atoms with Gasteiger partial charge < -0.3 is 10.1 Å². The maximum atomic E-state index is 12.7. The number of nitrogens with one attached hydrogen (secondary N) is 1. The van der Waals surface area contributed by atoms with Gasteiger partial charge in [0.15, 0.2) is 0 Å². The molecule has 30 heavy (non-hydrogen) atoms. The highest BCUT2D eigenvalue weighted by atomic mass is 19.4. The average Bonchev–Trinajstić information content (AvgIpc) is 2.73. The van der Waals surface area contributed by atoms with Crippen LogP contribution in [-0.2, 0) is 11.0 Å². The fourth-order valence-corrected chi connectivity index (χ4v) is 2.64. The summed E-state index contributed by atoms with van der Waals surface area (Å²) >= 11 is 0. The molecule has 0 fully saturated rings. The van der Waals surface area contributed by atoms with Crippen LogP contribution in [0.4, 0.5) is 18.9 Å². The highest BCUT2D eigenvalue weighted by Gasteiger charge is 2.30. The summed E-state index contributed by atoms with van der Waals surface area (Å²) in [5.74, 6) is -0.242. The number of anilines is 1. The second-order valence-electron chi connectivity index (χ2n) is 6.33. The van der Waals surface area contributed by atoms with Crippen LogP contribution in [0.5, 0.6) is 5.88 Å². The monoisotopic (exact) mass is 418 g/mol. The van der Waals surface area contributed by atoms with Crippen LogP contribution in [0, 0.1) is 0 Å². The number of methoxy groups -OCH3 is 1. The standard InChI is InChI=1S/C20H17F3N4O3/c1-12(19(29)25-15-5-3-14(4-6-15)20(21,22)23)27-18(28)8-7-16(26-27)13-9-10-24-17(11-13)30-2/h3-12H,1-2H3,(H,25,29). The molecule has 1 unspecified atom stereocenters. The summed E-state index contributed by atoms with van der Waals surface area (Å²) in [6, 6.07) is 9.09. The van der Waals surface area contributed by atoms with Crippen molar-refractivity contribution in [2.45, 2.75) is 19.1 Å². The van der Waals surface area contributed by atoms with Crippen LogP contribution in [-0.4, -0.2) is 27.8 Å². The lowest BCUT2D eigenvalue weighted by Crippen LogP contribution is -2.33. The molecular weight excluding hydrogens is 401 g/mol. The summed E-state index contributed by atoms with van der Waals surface area (Å²) in [4.78, 5) is 28.8. The molecular formula is C20H17F3N4O3. The Morgan fingerprint density at radius 3 is 2.47 bits per heavy atom. The van der Waals surface area contributed by atoms with Gasteiger partial charge in [-0.05, 0) is 43.3 Å². The normalized spacial score (nSPS) is 12.3. The van der Waals surface area contributed by atoms with Gasteiger partial charge in [-0.1, -0.05) is 0 Å². The third-order valence-electron chi connectivity index (χ3n) is 4.29. The van der Waals surface area contributed by atoms with E-state index in [0.29, 0.717) is 17.1 Å². The van der Waals surface area contributed by atoms with E-state index in [-0.39, 0.29) is 5.69 Å². The molecule has 10 heteroatoms. The van der Waals surface area contributed by atoms with Gasteiger partial charge in [0.05, 0.1) is 18.4 Å². The van der Waals surface area contributed by atoms with E-state index in [2.05, 4.69) is 15.4 Å². The second-order valence-corrected chi connectivity index (χ2v) is 6.33. The summed E-state index contributed by atoms with van der Waals surface area (Å²) in [6.07, 6.45) is -2.95. The maximum Gasteiger partial charge on any atom is 0.416 e. The molecule has 1 N–H and O–H groups in total. The minimum Gasteiger partial charge on any atom is -0.481 e.